The summed E-state index contributed by atoms with van der Waals surface area (Å²) in [7, 11) is 0. The number of rotatable bonds is 3. The number of hydrogen-bond acceptors (Lipinski definition) is 5. The van der Waals surface area contributed by atoms with E-state index in [0.29, 0.717) is 17.9 Å². The zero-order chi connectivity index (χ0) is 14.3. The summed E-state index contributed by atoms with van der Waals surface area (Å²) < 4.78 is 5.99. The van der Waals surface area contributed by atoms with Crippen LogP contribution < -0.4 is 0 Å². The van der Waals surface area contributed by atoms with Crippen LogP contribution in [0.1, 0.15) is 37.9 Å². The van der Waals surface area contributed by atoms with Crippen LogP contribution in [0, 0.1) is 22.0 Å². The number of hydrogen-bond donors (Lipinski definition) is 1. The largest absolute Gasteiger partial charge is 0.390 e. The average molecular weight is 278 g/mol. The maximum atomic E-state index is 11.1. The van der Waals surface area contributed by atoms with Gasteiger partial charge >= 0.3 is 0 Å². The summed E-state index contributed by atoms with van der Waals surface area (Å²) >= 11 is 0. The number of pyridine rings is 1. The highest BCUT2D eigenvalue weighted by atomic mass is 16.6. The molecule has 0 bridgehead atoms. The Morgan fingerprint density at radius 1 is 1.50 bits per heavy atom. The quantitative estimate of drug-likeness (QED) is 0.677. The molecule has 6 heteroatoms. The second-order valence-electron chi connectivity index (χ2n) is 5.82. The lowest BCUT2D eigenvalue weighted by molar-refractivity contribution is -0.386. The van der Waals surface area contributed by atoms with Crippen LogP contribution in [0.3, 0.4) is 0 Å². The van der Waals surface area contributed by atoms with Crippen molar-refractivity contribution in [1.29, 1.82) is 0 Å². The van der Waals surface area contributed by atoms with Gasteiger partial charge in [-0.25, -0.2) is 0 Å². The number of ether oxygens (including phenoxy) is 1. The van der Waals surface area contributed by atoms with Gasteiger partial charge in [-0.05, 0) is 37.2 Å². The monoisotopic (exact) mass is 278 g/mol. The molecule has 1 saturated heterocycles. The first-order chi connectivity index (χ1) is 9.58. The molecule has 1 aliphatic carbocycles. The second-order valence-corrected chi connectivity index (χ2v) is 5.82. The van der Waals surface area contributed by atoms with Gasteiger partial charge < -0.3 is 9.84 Å². The summed E-state index contributed by atoms with van der Waals surface area (Å²) in [6.45, 7) is 1.97. The number of aromatic nitrogens is 1. The Bertz CT molecular complexity index is 518. The molecule has 108 valence electrons. The van der Waals surface area contributed by atoms with E-state index in [9.17, 15) is 15.2 Å². The van der Waals surface area contributed by atoms with Gasteiger partial charge in [-0.1, -0.05) is 6.92 Å². The van der Waals surface area contributed by atoms with E-state index < -0.39 is 11.0 Å². The lowest BCUT2D eigenvalue weighted by atomic mass is 9.86. The molecule has 0 radical (unpaired) electrons. The third-order valence-electron chi connectivity index (χ3n) is 4.29. The molecule has 1 N–H and O–H groups in total. The highest BCUT2D eigenvalue weighted by molar-refractivity contribution is 5.38. The lowest BCUT2D eigenvalue weighted by Gasteiger charge is -2.38. The first-order valence-electron chi connectivity index (χ1n) is 6.99. The predicted octanol–water partition coefficient (Wildman–Crippen LogP) is 2.23. The van der Waals surface area contributed by atoms with E-state index in [1.165, 1.54) is 6.20 Å². The number of nitro groups is 1. The van der Waals surface area contributed by atoms with Crippen LogP contribution in [0.15, 0.2) is 18.5 Å². The van der Waals surface area contributed by atoms with Gasteiger partial charge in [-0.3, -0.25) is 15.1 Å². The maximum Gasteiger partial charge on any atom is 0.293 e. The van der Waals surface area contributed by atoms with Gasteiger partial charge in [0.05, 0.1) is 28.8 Å². The predicted molar refractivity (Wildman–Crippen MR) is 71.0 cm³/mol. The van der Waals surface area contributed by atoms with Crippen molar-refractivity contribution in [2.24, 2.45) is 11.8 Å². The first kappa shape index (κ1) is 13.5. The molecule has 2 heterocycles. The van der Waals surface area contributed by atoms with Crippen molar-refractivity contribution in [1.82, 2.24) is 4.98 Å². The fourth-order valence-electron chi connectivity index (χ4n) is 2.96. The third kappa shape index (κ3) is 2.41. The molecule has 0 amide bonds. The number of aliphatic hydroxyl groups excluding tert-OH is 1. The van der Waals surface area contributed by atoms with Crippen molar-refractivity contribution in [2.45, 2.75) is 44.5 Å². The normalized spacial score (nSPS) is 33.9. The fourth-order valence-corrected chi connectivity index (χ4v) is 2.96. The van der Waals surface area contributed by atoms with Crippen LogP contribution in [0.4, 0.5) is 5.69 Å². The van der Waals surface area contributed by atoms with E-state index in [1.807, 2.05) is 6.92 Å². The molecule has 1 aromatic heterocycles. The molecule has 6 nitrogen and oxygen atoms in total. The van der Waals surface area contributed by atoms with Crippen molar-refractivity contribution < 1.29 is 14.8 Å². The zero-order valence-corrected chi connectivity index (χ0v) is 11.3. The van der Waals surface area contributed by atoms with Crippen LogP contribution in [-0.4, -0.2) is 27.2 Å². The summed E-state index contributed by atoms with van der Waals surface area (Å²) in [5.74, 6) is 0.475. The van der Waals surface area contributed by atoms with Crippen molar-refractivity contribution >= 4 is 5.69 Å². The molecule has 20 heavy (non-hydrogen) atoms. The van der Waals surface area contributed by atoms with Gasteiger partial charge in [0.1, 0.15) is 6.20 Å². The van der Waals surface area contributed by atoms with E-state index in [4.69, 9.17) is 4.74 Å². The summed E-state index contributed by atoms with van der Waals surface area (Å²) in [6.07, 6.45) is 4.54. The summed E-state index contributed by atoms with van der Waals surface area (Å²) in [5, 5.41) is 21.3. The molecule has 0 spiro atoms. The Balaban J connectivity index is 1.88. The van der Waals surface area contributed by atoms with E-state index in [0.717, 1.165) is 12.8 Å². The van der Waals surface area contributed by atoms with Crippen molar-refractivity contribution in [2.75, 3.05) is 0 Å². The first-order valence-corrected chi connectivity index (χ1v) is 6.99. The molecule has 3 rings (SSSR count). The topological polar surface area (TPSA) is 85.5 Å². The van der Waals surface area contributed by atoms with Gasteiger partial charge in [0, 0.05) is 6.20 Å². The van der Waals surface area contributed by atoms with Crippen LogP contribution >= 0.6 is 0 Å². The van der Waals surface area contributed by atoms with E-state index >= 15 is 0 Å². The molecule has 0 aromatic carbocycles. The van der Waals surface area contributed by atoms with Crippen LogP contribution in [0.2, 0.25) is 0 Å². The Hall–Kier alpha value is -1.53. The third-order valence-corrected chi connectivity index (χ3v) is 4.29. The standard InChI is InChI=1S/C14H18N2O4/c1-8-6-12(20-14(13(8)17)9-2-3-9)10-4-5-15-7-11(10)16(18)19/h4-5,7-9,12-14,17H,2-3,6H2,1H3/t8-,12-,13+,14-/m1/s1. The van der Waals surface area contributed by atoms with E-state index in [1.54, 1.807) is 12.3 Å². The smallest absolute Gasteiger partial charge is 0.293 e. The SMILES string of the molecule is C[C@@H]1C[C@H](c2ccncc2[N+](=O)[O-])O[C@H](C2CC2)[C@H]1O. The van der Waals surface area contributed by atoms with Gasteiger partial charge in [0.15, 0.2) is 0 Å². The van der Waals surface area contributed by atoms with Gasteiger partial charge in [0.2, 0.25) is 0 Å². The molecule has 4 atom stereocenters. The molecule has 1 aromatic rings. The zero-order valence-electron chi connectivity index (χ0n) is 11.3. The molecular formula is C14H18N2O4. The Morgan fingerprint density at radius 3 is 2.90 bits per heavy atom. The maximum absolute atomic E-state index is 11.1. The average Bonchev–Trinajstić information content (AvgIpc) is 3.26. The minimum atomic E-state index is -0.473. The van der Waals surface area contributed by atoms with Crippen LogP contribution in [0.25, 0.3) is 0 Å². The van der Waals surface area contributed by atoms with E-state index in [-0.39, 0.29) is 23.8 Å². The minimum Gasteiger partial charge on any atom is -0.390 e. The number of aliphatic hydroxyl groups is 1. The Kier molecular flexibility index (Phi) is 3.43. The minimum absolute atomic E-state index is 0.00404. The van der Waals surface area contributed by atoms with Crippen LogP contribution in [-0.2, 0) is 4.74 Å². The Labute approximate surface area is 116 Å². The molecule has 2 aliphatic rings. The summed E-state index contributed by atoms with van der Waals surface area (Å²) in [6, 6.07) is 1.65. The van der Waals surface area contributed by atoms with Crippen molar-refractivity contribution in [3.05, 3.63) is 34.1 Å². The lowest BCUT2D eigenvalue weighted by Crippen LogP contribution is -2.42. The second kappa shape index (κ2) is 5.10. The van der Waals surface area contributed by atoms with Crippen LogP contribution in [0.5, 0.6) is 0 Å². The molecule has 1 saturated carbocycles. The fraction of sp³-hybridized carbons (Fsp3) is 0.643. The molecule has 1 aliphatic heterocycles. The molecular weight excluding hydrogens is 260 g/mol. The molecule has 2 fully saturated rings. The van der Waals surface area contributed by atoms with Gasteiger partial charge in [-0.15, -0.1) is 0 Å². The highest BCUT2D eigenvalue weighted by Crippen LogP contribution is 2.45. The highest BCUT2D eigenvalue weighted by Gasteiger charge is 2.45. The molecule has 0 unspecified atom stereocenters. The number of nitrogens with zero attached hydrogens (tertiary/aromatic N) is 2. The van der Waals surface area contributed by atoms with Gasteiger partial charge in [0.25, 0.3) is 5.69 Å². The van der Waals surface area contributed by atoms with E-state index in [2.05, 4.69) is 4.98 Å². The summed E-state index contributed by atoms with van der Waals surface area (Å²) in [5.41, 5.74) is 0.560. The van der Waals surface area contributed by atoms with Crippen molar-refractivity contribution in [3.63, 3.8) is 0 Å². The van der Waals surface area contributed by atoms with Crippen molar-refractivity contribution in [3.8, 4) is 0 Å². The summed E-state index contributed by atoms with van der Waals surface area (Å²) in [4.78, 5) is 14.5. The Morgan fingerprint density at radius 2 is 2.25 bits per heavy atom. The van der Waals surface area contributed by atoms with Gasteiger partial charge in [-0.2, -0.15) is 0 Å².